The van der Waals surface area contributed by atoms with Gasteiger partial charge in [0.25, 0.3) is 10.0 Å². The minimum atomic E-state index is -4.15. The number of nitrogens with zero attached hydrogens (tertiary/aromatic N) is 1. The van der Waals surface area contributed by atoms with Crippen LogP contribution < -0.4 is 13.8 Å². The van der Waals surface area contributed by atoms with Gasteiger partial charge in [0.15, 0.2) is 0 Å². The van der Waals surface area contributed by atoms with Gasteiger partial charge in [-0.15, -0.1) is 0 Å². The molecular formula is C17H17Cl2NO6S. The van der Waals surface area contributed by atoms with Gasteiger partial charge in [0, 0.05) is 0 Å². The SMILES string of the molecule is COC(=O)CN(c1ccc(OC)c(Cl)c1)S(=O)(=O)c1ccc(OC)c(Cl)c1. The molecule has 0 aliphatic heterocycles. The molecule has 27 heavy (non-hydrogen) atoms. The number of hydrogen-bond acceptors (Lipinski definition) is 6. The Kier molecular flexibility index (Phi) is 6.80. The maximum Gasteiger partial charge on any atom is 0.326 e. The average molecular weight is 434 g/mol. The number of carbonyl (C=O) groups excluding carboxylic acids is 1. The Morgan fingerprint density at radius 1 is 0.963 bits per heavy atom. The second-order valence-corrected chi connectivity index (χ2v) is 7.88. The zero-order valence-electron chi connectivity index (χ0n) is 14.7. The summed E-state index contributed by atoms with van der Waals surface area (Å²) in [6.45, 7) is -0.550. The van der Waals surface area contributed by atoms with E-state index >= 15 is 0 Å². The van der Waals surface area contributed by atoms with Crippen molar-refractivity contribution in [3.63, 3.8) is 0 Å². The number of anilines is 1. The zero-order valence-corrected chi connectivity index (χ0v) is 17.1. The molecule has 0 aliphatic carbocycles. The number of sulfonamides is 1. The third-order valence-corrected chi connectivity index (χ3v) is 6.00. The molecule has 0 spiro atoms. The highest BCUT2D eigenvalue weighted by Gasteiger charge is 2.29. The van der Waals surface area contributed by atoms with Crippen molar-refractivity contribution in [2.24, 2.45) is 0 Å². The highest BCUT2D eigenvalue weighted by atomic mass is 35.5. The molecule has 146 valence electrons. The van der Waals surface area contributed by atoms with E-state index in [1.54, 1.807) is 0 Å². The van der Waals surface area contributed by atoms with Gasteiger partial charge in [0.05, 0.1) is 42.0 Å². The summed E-state index contributed by atoms with van der Waals surface area (Å²) in [5.41, 5.74) is 0.165. The van der Waals surface area contributed by atoms with Crippen LogP contribution in [0.3, 0.4) is 0 Å². The van der Waals surface area contributed by atoms with Crippen LogP contribution in [-0.2, 0) is 19.6 Å². The Hall–Kier alpha value is -2.16. The Balaban J connectivity index is 2.57. The fraction of sp³-hybridized carbons (Fsp3) is 0.235. The van der Waals surface area contributed by atoms with Crippen molar-refractivity contribution in [3.05, 3.63) is 46.4 Å². The lowest BCUT2D eigenvalue weighted by Crippen LogP contribution is -2.36. The van der Waals surface area contributed by atoms with Crippen molar-refractivity contribution in [1.29, 1.82) is 0 Å². The molecule has 0 heterocycles. The molecular weight excluding hydrogens is 417 g/mol. The van der Waals surface area contributed by atoms with Crippen LogP contribution in [0.25, 0.3) is 0 Å². The van der Waals surface area contributed by atoms with Gasteiger partial charge >= 0.3 is 5.97 Å². The normalized spacial score (nSPS) is 11.0. The van der Waals surface area contributed by atoms with Crippen molar-refractivity contribution in [2.45, 2.75) is 4.90 Å². The number of ether oxygens (including phenoxy) is 3. The van der Waals surface area contributed by atoms with Crippen molar-refractivity contribution >= 4 is 44.9 Å². The van der Waals surface area contributed by atoms with Gasteiger partial charge in [-0.05, 0) is 36.4 Å². The molecule has 0 amide bonds. The molecule has 0 unspecified atom stereocenters. The number of hydrogen-bond donors (Lipinski definition) is 0. The molecule has 7 nitrogen and oxygen atoms in total. The summed E-state index contributed by atoms with van der Waals surface area (Å²) in [7, 11) is -0.136. The molecule has 0 saturated carbocycles. The minimum Gasteiger partial charge on any atom is -0.495 e. The summed E-state index contributed by atoms with van der Waals surface area (Å²) < 4.78 is 41.9. The van der Waals surface area contributed by atoms with E-state index < -0.39 is 22.5 Å². The summed E-state index contributed by atoms with van der Waals surface area (Å²) >= 11 is 12.2. The van der Waals surface area contributed by atoms with Crippen molar-refractivity contribution in [2.75, 3.05) is 32.2 Å². The number of halogens is 2. The van der Waals surface area contributed by atoms with E-state index in [-0.39, 0.29) is 20.6 Å². The minimum absolute atomic E-state index is 0.115. The number of methoxy groups -OCH3 is 3. The second-order valence-electron chi connectivity index (χ2n) is 5.20. The molecule has 0 aliphatic rings. The molecule has 0 atom stereocenters. The van der Waals surface area contributed by atoms with Gasteiger partial charge < -0.3 is 14.2 Å². The van der Waals surface area contributed by atoms with Gasteiger partial charge in [-0.2, -0.15) is 0 Å². The quantitative estimate of drug-likeness (QED) is 0.622. The lowest BCUT2D eigenvalue weighted by molar-refractivity contribution is -0.138. The first-order chi connectivity index (χ1) is 12.7. The molecule has 0 N–H and O–H groups in total. The number of rotatable bonds is 7. The molecule has 0 saturated heterocycles. The van der Waals surface area contributed by atoms with E-state index in [0.717, 1.165) is 4.31 Å². The second kappa shape index (κ2) is 8.69. The third kappa shape index (κ3) is 4.58. The lowest BCUT2D eigenvalue weighted by atomic mass is 10.3. The summed E-state index contributed by atoms with van der Waals surface area (Å²) in [4.78, 5) is 11.7. The first-order valence-corrected chi connectivity index (χ1v) is 9.70. The molecule has 0 fully saturated rings. The summed E-state index contributed by atoms with van der Waals surface area (Å²) in [6.07, 6.45) is 0. The summed E-state index contributed by atoms with van der Waals surface area (Å²) in [5, 5.41) is 0.303. The maximum absolute atomic E-state index is 13.1. The van der Waals surface area contributed by atoms with Crippen molar-refractivity contribution < 1.29 is 27.4 Å². The average Bonchev–Trinajstić information content (AvgIpc) is 2.65. The fourth-order valence-corrected chi connectivity index (χ4v) is 4.24. The van der Waals surface area contributed by atoms with E-state index in [1.165, 1.54) is 57.7 Å². The van der Waals surface area contributed by atoms with Gasteiger partial charge in [-0.25, -0.2) is 8.42 Å². The van der Waals surface area contributed by atoms with Gasteiger partial charge in [-0.3, -0.25) is 9.10 Å². The van der Waals surface area contributed by atoms with Crippen LogP contribution in [0.5, 0.6) is 11.5 Å². The summed E-state index contributed by atoms with van der Waals surface area (Å²) in [6, 6.07) is 8.34. The Morgan fingerprint density at radius 2 is 1.52 bits per heavy atom. The highest BCUT2D eigenvalue weighted by Crippen LogP contribution is 2.33. The first kappa shape index (κ1) is 21.1. The highest BCUT2D eigenvalue weighted by molar-refractivity contribution is 7.92. The van der Waals surface area contributed by atoms with Gasteiger partial charge in [-0.1, -0.05) is 23.2 Å². The molecule has 2 aromatic rings. The van der Waals surface area contributed by atoms with Crippen LogP contribution in [0.2, 0.25) is 10.0 Å². The Morgan fingerprint density at radius 3 is 2.00 bits per heavy atom. The Bertz CT molecular complexity index is 948. The third-order valence-electron chi connectivity index (χ3n) is 3.63. The predicted octanol–water partition coefficient (Wildman–Crippen LogP) is 3.38. The largest absolute Gasteiger partial charge is 0.495 e. The smallest absolute Gasteiger partial charge is 0.326 e. The monoisotopic (exact) mass is 433 g/mol. The number of benzene rings is 2. The van der Waals surface area contributed by atoms with Crippen LogP contribution in [0, 0.1) is 0 Å². The number of carbonyl (C=O) groups is 1. The van der Waals surface area contributed by atoms with Crippen LogP contribution >= 0.6 is 23.2 Å². The van der Waals surface area contributed by atoms with Crippen LogP contribution in [0.15, 0.2) is 41.3 Å². The Labute approximate surface area is 167 Å². The van der Waals surface area contributed by atoms with Crippen LogP contribution in [0.4, 0.5) is 5.69 Å². The van der Waals surface area contributed by atoms with Gasteiger partial charge in [0.1, 0.15) is 18.0 Å². The molecule has 0 radical (unpaired) electrons. The van der Waals surface area contributed by atoms with Crippen molar-refractivity contribution in [1.82, 2.24) is 0 Å². The zero-order chi connectivity index (χ0) is 20.2. The number of esters is 1. The van der Waals surface area contributed by atoms with E-state index in [1.807, 2.05) is 0 Å². The molecule has 0 bridgehead atoms. The predicted molar refractivity (Wildman–Crippen MR) is 103 cm³/mol. The standard InChI is InChI=1S/C17H17Cl2NO6S/c1-24-15-6-4-11(8-13(15)18)20(10-17(21)26-3)27(22,23)12-5-7-16(25-2)14(19)9-12/h4-9H,10H2,1-3H3. The van der Waals surface area contributed by atoms with Crippen LogP contribution in [0.1, 0.15) is 0 Å². The molecule has 10 heteroatoms. The van der Waals surface area contributed by atoms with E-state index in [4.69, 9.17) is 32.7 Å². The first-order valence-electron chi connectivity index (χ1n) is 7.51. The van der Waals surface area contributed by atoms with Gasteiger partial charge in [0.2, 0.25) is 0 Å². The van der Waals surface area contributed by atoms with E-state index in [2.05, 4.69) is 4.74 Å². The maximum atomic E-state index is 13.1. The molecule has 2 aromatic carbocycles. The lowest BCUT2D eigenvalue weighted by Gasteiger charge is -2.24. The summed E-state index contributed by atoms with van der Waals surface area (Å²) in [5.74, 6) is -0.0592. The molecule has 0 aromatic heterocycles. The fourth-order valence-electron chi connectivity index (χ4n) is 2.24. The van der Waals surface area contributed by atoms with E-state index in [0.29, 0.717) is 11.5 Å². The van der Waals surface area contributed by atoms with E-state index in [9.17, 15) is 13.2 Å². The van der Waals surface area contributed by atoms with Crippen molar-refractivity contribution in [3.8, 4) is 11.5 Å². The molecule has 2 rings (SSSR count). The van der Waals surface area contributed by atoms with Crippen LogP contribution in [-0.4, -0.2) is 42.3 Å². The topological polar surface area (TPSA) is 82.1 Å².